The third-order valence-electron chi connectivity index (χ3n) is 1.88. The molecule has 0 atom stereocenters. The zero-order valence-corrected chi connectivity index (χ0v) is 9.12. The van der Waals surface area contributed by atoms with E-state index in [4.69, 9.17) is 10.5 Å². The van der Waals surface area contributed by atoms with Crippen LogP contribution in [0.5, 0.6) is 0 Å². The fourth-order valence-corrected chi connectivity index (χ4v) is 1.25. The lowest BCUT2D eigenvalue weighted by Gasteiger charge is -2.05. The van der Waals surface area contributed by atoms with Crippen molar-refractivity contribution in [3.05, 3.63) is 23.3 Å². The topological polar surface area (TPSA) is 61.0 Å². The van der Waals surface area contributed by atoms with Crippen molar-refractivity contribution in [2.45, 2.75) is 26.3 Å². The highest BCUT2D eigenvalue weighted by molar-refractivity contribution is 5.09. The molecule has 0 fully saturated rings. The highest BCUT2D eigenvalue weighted by Crippen LogP contribution is 2.01. The largest absolute Gasteiger partial charge is 0.375 e. The average Bonchev–Trinajstić information content (AvgIpc) is 2.23. The Hall–Kier alpha value is -1.14. The Kier molecular flexibility index (Phi) is 5.21. The molecule has 4 nitrogen and oxygen atoms in total. The predicted molar refractivity (Wildman–Crippen MR) is 55.2 cm³/mol. The molecule has 0 aliphatic heterocycles. The van der Waals surface area contributed by atoms with Gasteiger partial charge in [-0.25, -0.2) is 18.7 Å². The zero-order chi connectivity index (χ0) is 12.0. The van der Waals surface area contributed by atoms with Gasteiger partial charge in [-0.05, 0) is 13.0 Å². The minimum atomic E-state index is -2.43. The van der Waals surface area contributed by atoms with Gasteiger partial charge in [0.1, 0.15) is 12.4 Å². The molecule has 6 heteroatoms. The summed E-state index contributed by atoms with van der Waals surface area (Å²) in [5, 5.41) is 0. The monoisotopic (exact) mass is 231 g/mol. The first-order chi connectivity index (χ1) is 7.61. The van der Waals surface area contributed by atoms with Gasteiger partial charge in [-0.3, -0.25) is 0 Å². The molecule has 2 N–H and O–H groups in total. The Morgan fingerprint density at radius 3 is 2.81 bits per heavy atom. The van der Waals surface area contributed by atoms with Crippen molar-refractivity contribution in [1.82, 2.24) is 9.97 Å². The Bertz CT molecular complexity index is 334. The number of nitrogens with two attached hydrogens (primary N) is 1. The first-order valence-corrected chi connectivity index (χ1v) is 5.01. The van der Waals surface area contributed by atoms with Crippen molar-refractivity contribution in [3.8, 4) is 0 Å². The Morgan fingerprint density at radius 1 is 1.44 bits per heavy atom. The van der Waals surface area contributed by atoms with E-state index in [1.807, 2.05) is 6.92 Å². The molecule has 0 bridgehead atoms. The van der Waals surface area contributed by atoms with E-state index < -0.39 is 13.0 Å². The number of rotatable bonds is 6. The van der Waals surface area contributed by atoms with Gasteiger partial charge in [0.2, 0.25) is 0 Å². The molecule has 0 radical (unpaired) electrons. The van der Waals surface area contributed by atoms with E-state index in [9.17, 15) is 8.78 Å². The third-order valence-corrected chi connectivity index (χ3v) is 1.88. The number of aromatic nitrogens is 2. The molecule has 0 unspecified atom stereocenters. The van der Waals surface area contributed by atoms with Crippen LogP contribution >= 0.6 is 0 Å². The molecule has 0 saturated carbocycles. The summed E-state index contributed by atoms with van der Waals surface area (Å²) >= 11 is 0. The van der Waals surface area contributed by atoms with E-state index in [0.29, 0.717) is 18.8 Å². The summed E-state index contributed by atoms with van der Waals surface area (Å²) in [5.74, 6) is 0.578. The molecule has 1 rings (SSSR count). The number of halogens is 2. The highest BCUT2D eigenvalue weighted by Gasteiger charge is 2.04. The van der Waals surface area contributed by atoms with Gasteiger partial charge < -0.3 is 10.5 Å². The van der Waals surface area contributed by atoms with Gasteiger partial charge in [0.15, 0.2) is 0 Å². The van der Waals surface area contributed by atoms with Gasteiger partial charge >= 0.3 is 0 Å². The molecule has 1 aromatic rings. The minimum absolute atomic E-state index is 0.192. The van der Waals surface area contributed by atoms with Gasteiger partial charge in [0, 0.05) is 18.7 Å². The van der Waals surface area contributed by atoms with E-state index in [0.717, 1.165) is 11.4 Å². The molecular weight excluding hydrogens is 216 g/mol. The standard InChI is InChI=1S/C10H15F2N3O/c1-7-4-8(5-13)15-10(14-7)2-3-16-6-9(11)12/h4,9H,2-3,5-6,13H2,1H3. The van der Waals surface area contributed by atoms with Crippen molar-refractivity contribution >= 4 is 0 Å². The molecular formula is C10H15F2N3O. The summed E-state index contributed by atoms with van der Waals surface area (Å²) in [6.45, 7) is 1.83. The van der Waals surface area contributed by atoms with E-state index in [1.54, 1.807) is 6.07 Å². The van der Waals surface area contributed by atoms with E-state index >= 15 is 0 Å². The van der Waals surface area contributed by atoms with Crippen LogP contribution in [0.25, 0.3) is 0 Å². The number of hydrogen-bond acceptors (Lipinski definition) is 4. The summed E-state index contributed by atoms with van der Waals surface area (Å²) in [7, 11) is 0. The number of alkyl halides is 2. The Morgan fingerprint density at radius 2 is 2.19 bits per heavy atom. The molecule has 1 heterocycles. The maximum Gasteiger partial charge on any atom is 0.261 e. The second-order valence-corrected chi connectivity index (χ2v) is 3.34. The zero-order valence-electron chi connectivity index (χ0n) is 9.12. The summed E-state index contributed by atoms with van der Waals surface area (Å²) in [6, 6.07) is 1.80. The lowest BCUT2D eigenvalue weighted by Crippen LogP contribution is -2.11. The number of nitrogens with zero attached hydrogens (tertiary/aromatic N) is 2. The van der Waals surface area contributed by atoms with Crippen molar-refractivity contribution in [2.24, 2.45) is 5.73 Å². The first-order valence-electron chi connectivity index (χ1n) is 5.01. The van der Waals surface area contributed by atoms with Gasteiger partial charge in [0.05, 0.1) is 12.3 Å². The van der Waals surface area contributed by atoms with Crippen molar-refractivity contribution < 1.29 is 13.5 Å². The smallest absolute Gasteiger partial charge is 0.261 e. The molecule has 0 saturated heterocycles. The van der Waals surface area contributed by atoms with Crippen LogP contribution in [0, 0.1) is 6.92 Å². The molecule has 0 amide bonds. The van der Waals surface area contributed by atoms with Crippen LogP contribution in [0.4, 0.5) is 8.78 Å². The van der Waals surface area contributed by atoms with Crippen LogP contribution in [-0.4, -0.2) is 29.6 Å². The van der Waals surface area contributed by atoms with E-state index in [1.165, 1.54) is 0 Å². The fraction of sp³-hybridized carbons (Fsp3) is 0.600. The average molecular weight is 231 g/mol. The molecule has 0 aromatic carbocycles. The van der Waals surface area contributed by atoms with Crippen LogP contribution in [-0.2, 0) is 17.7 Å². The van der Waals surface area contributed by atoms with Crippen LogP contribution in [0.1, 0.15) is 17.2 Å². The quantitative estimate of drug-likeness (QED) is 0.744. The second-order valence-electron chi connectivity index (χ2n) is 3.34. The lowest BCUT2D eigenvalue weighted by molar-refractivity contribution is 0.0182. The van der Waals surface area contributed by atoms with Crippen molar-refractivity contribution in [1.29, 1.82) is 0 Å². The number of ether oxygens (including phenoxy) is 1. The van der Waals surface area contributed by atoms with E-state index in [2.05, 4.69) is 9.97 Å². The molecule has 0 spiro atoms. The number of aryl methyl sites for hydroxylation is 1. The molecule has 16 heavy (non-hydrogen) atoms. The lowest BCUT2D eigenvalue weighted by atomic mass is 10.3. The Balaban J connectivity index is 2.44. The summed E-state index contributed by atoms with van der Waals surface area (Å²) in [6.07, 6.45) is -2.01. The third kappa shape index (κ3) is 4.59. The van der Waals surface area contributed by atoms with Crippen LogP contribution in [0.2, 0.25) is 0 Å². The van der Waals surface area contributed by atoms with E-state index in [-0.39, 0.29) is 6.61 Å². The predicted octanol–water partition coefficient (Wildman–Crippen LogP) is 1.07. The molecule has 1 aromatic heterocycles. The normalized spacial score (nSPS) is 11.1. The fourth-order valence-electron chi connectivity index (χ4n) is 1.25. The maximum atomic E-state index is 11.8. The van der Waals surface area contributed by atoms with Gasteiger partial charge in [-0.15, -0.1) is 0 Å². The van der Waals surface area contributed by atoms with Crippen LogP contribution < -0.4 is 5.73 Å². The molecule has 0 aliphatic carbocycles. The van der Waals surface area contributed by atoms with Crippen molar-refractivity contribution in [2.75, 3.05) is 13.2 Å². The van der Waals surface area contributed by atoms with Gasteiger partial charge in [0.25, 0.3) is 6.43 Å². The molecule has 0 aliphatic rings. The van der Waals surface area contributed by atoms with Crippen molar-refractivity contribution in [3.63, 3.8) is 0 Å². The number of hydrogen-bond donors (Lipinski definition) is 1. The maximum absolute atomic E-state index is 11.8. The summed E-state index contributed by atoms with van der Waals surface area (Å²) in [5.41, 5.74) is 7.03. The summed E-state index contributed by atoms with van der Waals surface area (Å²) in [4.78, 5) is 8.33. The summed E-state index contributed by atoms with van der Waals surface area (Å²) < 4.78 is 28.3. The van der Waals surface area contributed by atoms with Crippen LogP contribution in [0.3, 0.4) is 0 Å². The Labute approximate surface area is 92.8 Å². The van der Waals surface area contributed by atoms with Gasteiger partial charge in [-0.1, -0.05) is 0 Å². The van der Waals surface area contributed by atoms with Gasteiger partial charge in [-0.2, -0.15) is 0 Å². The van der Waals surface area contributed by atoms with Crippen LogP contribution in [0.15, 0.2) is 6.07 Å². The molecule has 90 valence electrons. The second kappa shape index (κ2) is 6.44. The first kappa shape index (κ1) is 12.9. The highest BCUT2D eigenvalue weighted by atomic mass is 19.3. The SMILES string of the molecule is Cc1cc(CN)nc(CCOCC(F)F)n1. The minimum Gasteiger partial charge on any atom is -0.375 e.